The molecule has 0 aliphatic heterocycles. The molecule has 0 atom stereocenters. The van der Waals surface area contributed by atoms with Gasteiger partial charge in [-0.15, -0.1) is 0 Å². The summed E-state index contributed by atoms with van der Waals surface area (Å²) < 4.78 is 2.36. The minimum Gasteiger partial charge on any atom is -0.330 e. The highest BCUT2D eigenvalue weighted by molar-refractivity contribution is 5.77. The Morgan fingerprint density at radius 1 is 1.32 bits per heavy atom. The van der Waals surface area contributed by atoms with E-state index in [-0.39, 0.29) is 0 Å². The average Bonchev–Trinajstić information content (AvgIpc) is 2.74. The standard InChI is InChI=1S/C16H25N3/c1-4-10-19-15-8-7-13(12(2)3)11-14(15)18-16(19)6-5-9-17/h7-8,11-12H,4-6,9-10,17H2,1-3H3. The van der Waals surface area contributed by atoms with Gasteiger partial charge in [-0.1, -0.05) is 26.8 Å². The van der Waals surface area contributed by atoms with Crippen LogP contribution in [-0.4, -0.2) is 16.1 Å². The highest BCUT2D eigenvalue weighted by atomic mass is 15.1. The Morgan fingerprint density at radius 2 is 2.11 bits per heavy atom. The molecule has 0 bridgehead atoms. The normalized spacial score (nSPS) is 11.6. The fraction of sp³-hybridized carbons (Fsp3) is 0.562. The van der Waals surface area contributed by atoms with Gasteiger partial charge in [-0.25, -0.2) is 4.98 Å². The van der Waals surface area contributed by atoms with Gasteiger partial charge in [0.05, 0.1) is 11.0 Å². The Labute approximate surface area is 115 Å². The summed E-state index contributed by atoms with van der Waals surface area (Å²) in [5.74, 6) is 1.73. The molecule has 1 heterocycles. The fourth-order valence-corrected chi connectivity index (χ4v) is 2.48. The number of benzene rings is 1. The highest BCUT2D eigenvalue weighted by Gasteiger charge is 2.11. The van der Waals surface area contributed by atoms with E-state index >= 15 is 0 Å². The van der Waals surface area contributed by atoms with Gasteiger partial charge in [0.25, 0.3) is 0 Å². The molecule has 2 N–H and O–H groups in total. The number of nitrogens with two attached hydrogens (primary N) is 1. The van der Waals surface area contributed by atoms with Crippen LogP contribution in [-0.2, 0) is 13.0 Å². The van der Waals surface area contributed by atoms with E-state index in [1.165, 1.54) is 16.9 Å². The van der Waals surface area contributed by atoms with Crippen molar-refractivity contribution >= 4 is 11.0 Å². The first-order chi connectivity index (χ1) is 9.17. The van der Waals surface area contributed by atoms with Gasteiger partial charge in [-0.2, -0.15) is 0 Å². The molecule has 0 unspecified atom stereocenters. The van der Waals surface area contributed by atoms with Crippen LogP contribution < -0.4 is 5.73 Å². The van der Waals surface area contributed by atoms with Crippen LogP contribution in [0.15, 0.2) is 18.2 Å². The minimum absolute atomic E-state index is 0.549. The molecule has 104 valence electrons. The number of hydrogen-bond acceptors (Lipinski definition) is 2. The molecule has 2 aromatic rings. The molecule has 0 fully saturated rings. The van der Waals surface area contributed by atoms with Crippen LogP contribution in [0.5, 0.6) is 0 Å². The number of nitrogens with zero attached hydrogens (tertiary/aromatic N) is 2. The lowest BCUT2D eigenvalue weighted by Crippen LogP contribution is -2.07. The van der Waals surface area contributed by atoms with E-state index in [1.54, 1.807) is 0 Å². The molecule has 2 rings (SSSR count). The number of aryl methyl sites for hydroxylation is 2. The quantitative estimate of drug-likeness (QED) is 0.863. The highest BCUT2D eigenvalue weighted by Crippen LogP contribution is 2.23. The lowest BCUT2D eigenvalue weighted by atomic mass is 10.0. The van der Waals surface area contributed by atoms with E-state index in [0.717, 1.165) is 37.9 Å². The van der Waals surface area contributed by atoms with Gasteiger partial charge in [-0.05, 0) is 43.0 Å². The van der Waals surface area contributed by atoms with Crippen LogP contribution in [0.3, 0.4) is 0 Å². The van der Waals surface area contributed by atoms with Crippen LogP contribution in [0.2, 0.25) is 0 Å². The Morgan fingerprint density at radius 3 is 2.74 bits per heavy atom. The zero-order chi connectivity index (χ0) is 13.8. The Kier molecular flexibility index (Phi) is 4.59. The average molecular weight is 259 g/mol. The predicted octanol–water partition coefficient (Wildman–Crippen LogP) is 3.46. The molecule has 0 amide bonds. The van der Waals surface area contributed by atoms with Crippen molar-refractivity contribution in [3.05, 3.63) is 29.6 Å². The van der Waals surface area contributed by atoms with Crippen LogP contribution >= 0.6 is 0 Å². The largest absolute Gasteiger partial charge is 0.330 e. The molecule has 1 aromatic heterocycles. The summed E-state index contributed by atoms with van der Waals surface area (Å²) in [4.78, 5) is 4.82. The Bertz CT molecular complexity index is 540. The third-order valence-electron chi connectivity index (χ3n) is 3.57. The summed E-state index contributed by atoms with van der Waals surface area (Å²) in [6.45, 7) is 8.42. The van der Waals surface area contributed by atoms with Gasteiger partial charge in [0, 0.05) is 13.0 Å². The topological polar surface area (TPSA) is 43.8 Å². The lowest BCUT2D eigenvalue weighted by molar-refractivity contribution is 0.639. The molecule has 1 aromatic carbocycles. The molecule has 3 nitrogen and oxygen atoms in total. The summed E-state index contributed by atoms with van der Waals surface area (Å²) in [6.07, 6.45) is 3.11. The van der Waals surface area contributed by atoms with Gasteiger partial charge in [0.1, 0.15) is 5.82 Å². The summed E-state index contributed by atoms with van der Waals surface area (Å²) in [5.41, 5.74) is 9.38. The van der Waals surface area contributed by atoms with Gasteiger partial charge in [0.2, 0.25) is 0 Å². The zero-order valence-corrected chi connectivity index (χ0v) is 12.3. The molecule has 19 heavy (non-hydrogen) atoms. The van der Waals surface area contributed by atoms with Crippen molar-refractivity contribution in [3.63, 3.8) is 0 Å². The van der Waals surface area contributed by atoms with E-state index < -0.39 is 0 Å². The monoisotopic (exact) mass is 259 g/mol. The SMILES string of the molecule is CCCn1c(CCCN)nc2cc(C(C)C)ccc21. The number of rotatable bonds is 6. The first-order valence-electron chi connectivity index (χ1n) is 7.36. The van der Waals surface area contributed by atoms with E-state index in [2.05, 4.69) is 43.5 Å². The molecular formula is C16H25N3. The lowest BCUT2D eigenvalue weighted by Gasteiger charge is -2.08. The summed E-state index contributed by atoms with van der Waals surface area (Å²) >= 11 is 0. The van der Waals surface area contributed by atoms with Crippen molar-refractivity contribution in [3.8, 4) is 0 Å². The van der Waals surface area contributed by atoms with E-state index in [1.807, 2.05) is 0 Å². The molecule has 3 heteroatoms. The van der Waals surface area contributed by atoms with Crippen LogP contribution in [0.25, 0.3) is 11.0 Å². The van der Waals surface area contributed by atoms with E-state index in [4.69, 9.17) is 10.7 Å². The second-order valence-corrected chi connectivity index (χ2v) is 5.47. The third-order valence-corrected chi connectivity index (χ3v) is 3.57. The number of aromatic nitrogens is 2. The smallest absolute Gasteiger partial charge is 0.109 e. The number of imidazole rings is 1. The van der Waals surface area contributed by atoms with Crippen molar-refractivity contribution < 1.29 is 0 Å². The number of hydrogen-bond donors (Lipinski definition) is 1. The van der Waals surface area contributed by atoms with Crippen LogP contribution in [0.1, 0.15) is 50.9 Å². The van der Waals surface area contributed by atoms with Crippen molar-refractivity contribution in [2.75, 3.05) is 6.54 Å². The van der Waals surface area contributed by atoms with Crippen LogP contribution in [0.4, 0.5) is 0 Å². The van der Waals surface area contributed by atoms with Crippen LogP contribution in [0, 0.1) is 0 Å². The maximum atomic E-state index is 5.62. The molecule has 0 aliphatic carbocycles. The van der Waals surface area contributed by atoms with Gasteiger partial charge in [0.15, 0.2) is 0 Å². The summed E-state index contributed by atoms with van der Waals surface area (Å²) in [5, 5.41) is 0. The maximum absolute atomic E-state index is 5.62. The predicted molar refractivity (Wildman–Crippen MR) is 81.5 cm³/mol. The van der Waals surface area contributed by atoms with Gasteiger partial charge in [-0.3, -0.25) is 0 Å². The minimum atomic E-state index is 0.549. The Hall–Kier alpha value is -1.35. The van der Waals surface area contributed by atoms with Gasteiger partial charge >= 0.3 is 0 Å². The summed E-state index contributed by atoms with van der Waals surface area (Å²) in [7, 11) is 0. The second kappa shape index (κ2) is 6.20. The first kappa shape index (κ1) is 14.1. The van der Waals surface area contributed by atoms with E-state index in [9.17, 15) is 0 Å². The number of fused-ring (bicyclic) bond motifs is 1. The molecular weight excluding hydrogens is 234 g/mol. The third kappa shape index (κ3) is 2.98. The Balaban J connectivity index is 2.45. The zero-order valence-electron chi connectivity index (χ0n) is 12.3. The molecule has 0 saturated carbocycles. The fourth-order valence-electron chi connectivity index (χ4n) is 2.48. The molecule has 0 aliphatic rings. The van der Waals surface area contributed by atoms with Crippen molar-refractivity contribution in [2.45, 2.75) is 52.5 Å². The molecule has 0 saturated heterocycles. The van der Waals surface area contributed by atoms with Gasteiger partial charge < -0.3 is 10.3 Å². The maximum Gasteiger partial charge on any atom is 0.109 e. The molecule has 0 radical (unpaired) electrons. The van der Waals surface area contributed by atoms with Crippen molar-refractivity contribution in [1.29, 1.82) is 0 Å². The first-order valence-corrected chi connectivity index (χ1v) is 7.36. The van der Waals surface area contributed by atoms with Crippen molar-refractivity contribution in [2.24, 2.45) is 5.73 Å². The van der Waals surface area contributed by atoms with E-state index in [0.29, 0.717) is 5.92 Å². The van der Waals surface area contributed by atoms with Crippen molar-refractivity contribution in [1.82, 2.24) is 9.55 Å². The summed E-state index contributed by atoms with van der Waals surface area (Å²) in [6, 6.07) is 6.69. The molecule has 0 spiro atoms. The second-order valence-electron chi connectivity index (χ2n) is 5.47.